The Bertz CT molecular complexity index is 1660. The molecule has 0 unspecified atom stereocenters. The number of nitrogens with two attached hydrogens (primary N) is 1. The number of phenols is 1. The summed E-state index contributed by atoms with van der Waals surface area (Å²) in [6.07, 6.45) is 0.812. The minimum Gasteiger partial charge on any atom is -0.508 e. The number of carbonyl (C=O) groups is 3. The number of Topliss-reactive ketones (excluding diaryl/α,β-unsaturated/α-hetero) is 2. The Hall–Kier alpha value is -4.59. The fraction of sp³-hybridized carbons (Fsp3) is 0.344. The molecule has 4 atom stereocenters. The summed E-state index contributed by atoms with van der Waals surface area (Å²) >= 11 is 0. The minimum absolute atomic E-state index is 0.0321. The van der Waals surface area contributed by atoms with Crippen LogP contribution in [0.15, 0.2) is 47.2 Å². The lowest BCUT2D eigenvalue weighted by molar-refractivity contribution is -0.153. The van der Waals surface area contributed by atoms with Crippen LogP contribution in [0.25, 0.3) is 5.76 Å². The molecule has 10 heteroatoms. The molecule has 3 aliphatic carbocycles. The second kappa shape index (κ2) is 10.4. The standard InChI is InChI=1S/C32H32N2O8/c1-5-16-12-17(9-6-15-7-10-19(42-4)11-8-15)26(35)23-20(16)13-18-14-21-25(34(2)3)28(37)24(31(33)40)30(39)32(21,41)29(38)22(18)27(23)36/h7-8,10-12,18,21,25,35-36,39,41H,5,13-14H2,1-4H3,(H2,33,40)/t18-,21-,25-,32-/m0/s1. The minimum atomic E-state index is -2.68. The number of primary amides is 1. The van der Waals surface area contributed by atoms with Crippen LogP contribution in [0.3, 0.4) is 0 Å². The monoisotopic (exact) mass is 572 g/mol. The van der Waals surface area contributed by atoms with Crippen molar-refractivity contribution in [1.29, 1.82) is 0 Å². The molecular weight excluding hydrogens is 540 g/mol. The fourth-order valence-corrected chi connectivity index (χ4v) is 6.61. The number of methoxy groups -OCH3 is 1. The maximum Gasteiger partial charge on any atom is 0.255 e. The van der Waals surface area contributed by atoms with E-state index >= 15 is 0 Å². The number of aryl methyl sites for hydroxylation is 1. The summed E-state index contributed by atoms with van der Waals surface area (Å²) in [6.45, 7) is 1.92. The van der Waals surface area contributed by atoms with Crippen LogP contribution in [0.1, 0.15) is 41.2 Å². The summed E-state index contributed by atoms with van der Waals surface area (Å²) < 4.78 is 5.17. The van der Waals surface area contributed by atoms with Crippen LogP contribution < -0.4 is 10.5 Å². The molecule has 3 aliphatic rings. The number of ether oxygens (including phenoxy) is 1. The Morgan fingerprint density at radius 2 is 1.81 bits per heavy atom. The average molecular weight is 573 g/mol. The highest BCUT2D eigenvalue weighted by Gasteiger charge is 2.64. The number of likely N-dealkylation sites (N-methyl/N-ethyl adjacent to an activating group) is 1. The van der Waals surface area contributed by atoms with Crippen molar-refractivity contribution in [2.75, 3.05) is 21.2 Å². The molecule has 0 aromatic heterocycles. The maximum atomic E-state index is 14.0. The molecule has 6 N–H and O–H groups in total. The van der Waals surface area contributed by atoms with E-state index in [4.69, 9.17) is 10.5 Å². The summed E-state index contributed by atoms with van der Waals surface area (Å²) in [5, 5.41) is 45.6. The lowest BCUT2D eigenvalue weighted by atomic mass is 9.57. The van der Waals surface area contributed by atoms with Gasteiger partial charge in [-0.3, -0.25) is 19.3 Å². The van der Waals surface area contributed by atoms with Crippen LogP contribution in [0.4, 0.5) is 0 Å². The Balaban J connectivity index is 1.68. The molecule has 42 heavy (non-hydrogen) atoms. The van der Waals surface area contributed by atoms with Gasteiger partial charge in [-0.15, -0.1) is 0 Å². The van der Waals surface area contributed by atoms with Gasteiger partial charge in [-0.25, -0.2) is 0 Å². The van der Waals surface area contributed by atoms with Crippen molar-refractivity contribution in [2.24, 2.45) is 17.6 Å². The second-order valence-corrected chi connectivity index (χ2v) is 11.1. The molecule has 0 aliphatic heterocycles. The first kappa shape index (κ1) is 28.9. The molecule has 1 fully saturated rings. The van der Waals surface area contributed by atoms with Crippen molar-refractivity contribution in [3.05, 3.63) is 75.1 Å². The van der Waals surface area contributed by atoms with Gasteiger partial charge in [0, 0.05) is 17.1 Å². The number of rotatable bonds is 4. The van der Waals surface area contributed by atoms with Gasteiger partial charge in [0.15, 0.2) is 11.4 Å². The van der Waals surface area contributed by atoms with E-state index in [-0.39, 0.29) is 35.3 Å². The van der Waals surface area contributed by atoms with E-state index in [1.807, 2.05) is 6.92 Å². The van der Waals surface area contributed by atoms with Crippen molar-refractivity contribution in [1.82, 2.24) is 4.90 Å². The van der Waals surface area contributed by atoms with Gasteiger partial charge in [-0.2, -0.15) is 0 Å². The highest BCUT2D eigenvalue weighted by molar-refractivity contribution is 6.24. The Kier molecular flexibility index (Phi) is 7.13. The third-order valence-corrected chi connectivity index (χ3v) is 8.63. The molecule has 2 aromatic rings. The maximum absolute atomic E-state index is 14.0. The summed E-state index contributed by atoms with van der Waals surface area (Å²) in [5.74, 6) is -0.231. The largest absolute Gasteiger partial charge is 0.508 e. The zero-order chi connectivity index (χ0) is 30.7. The van der Waals surface area contributed by atoms with Gasteiger partial charge in [-0.05, 0) is 80.7 Å². The molecule has 1 saturated carbocycles. The third-order valence-electron chi connectivity index (χ3n) is 8.63. The van der Waals surface area contributed by atoms with Crippen LogP contribution in [0.2, 0.25) is 0 Å². The Morgan fingerprint density at radius 3 is 2.38 bits per heavy atom. The van der Waals surface area contributed by atoms with Gasteiger partial charge >= 0.3 is 0 Å². The van der Waals surface area contributed by atoms with Gasteiger partial charge < -0.3 is 30.9 Å². The summed E-state index contributed by atoms with van der Waals surface area (Å²) in [4.78, 5) is 40.9. The summed E-state index contributed by atoms with van der Waals surface area (Å²) in [5.41, 5.74) is 4.04. The molecule has 0 saturated heterocycles. The molecule has 2 aromatic carbocycles. The van der Waals surface area contributed by atoms with E-state index in [0.29, 0.717) is 23.3 Å². The molecule has 10 nitrogen and oxygen atoms in total. The number of ketones is 2. The lowest BCUT2D eigenvalue weighted by Gasteiger charge is -2.50. The van der Waals surface area contributed by atoms with Crippen molar-refractivity contribution in [3.63, 3.8) is 0 Å². The van der Waals surface area contributed by atoms with Gasteiger partial charge in [0.25, 0.3) is 5.91 Å². The van der Waals surface area contributed by atoms with Crippen molar-refractivity contribution in [3.8, 4) is 23.3 Å². The zero-order valence-corrected chi connectivity index (χ0v) is 23.7. The number of carbonyl (C=O) groups excluding carboxylic acids is 3. The van der Waals surface area contributed by atoms with Gasteiger partial charge in [0.2, 0.25) is 5.78 Å². The van der Waals surface area contributed by atoms with E-state index in [9.17, 15) is 34.8 Å². The number of aromatic hydroxyl groups is 1. The first-order valence-corrected chi connectivity index (χ1v) is 13.5. The van der Waals surface area contributed by atoms with Gasteiger partial charge in [-0.1, -0.05) is 18.8 Å². The van der Waals surface area contributed by atoms with Crippen LogP contribution in [0.5, 0.6) is 11.5 Å². The van der Waals surface area contributed by atoms with Crippen LogP contribution in [-0.2, 0) is 27.2 Å². The van der Waals surface area contributed by atoms with E-state index in [1.54, 1.807) is 51.5 Å². The number of phenolic OH excluding ortho intramolecular Hbond substituents is 1. The number of benzene rings is 2. The highest BCUT2D eigenvalue weighted by atomic mass is 16.5. The van der Waals surface area contributed by atoms with Crippen LogP contribution in [0, 0.1) is 23.7 Å². The average Bonchev–Trinajstić information content (AvgIpc) is 2.94. The van der Waals surface area contributed by atoms with Crippen molar-refractivity contribution >= 4 is 23.2 Å². The van der Waals surface area contributed by atoms with Gasteiger partial charge in [0.05, 0.1) is 24.3 Å². The van der Waals surface area contributed by atoms with E-state index < -0.39 is 58.0 Å². The van der Waals surface area contributed by atoms with Crippen molar-refractivity contribution < 1.29 is 39.5 Å². The molecular formula is C32H32N2O8. The molecule has 218 valence electrons. The number of amides is 1. The third kappa shape index (κ3) is 4.16. The molecule has 5 rings (SSSR count). The quantitative estimate of drug-likeness (QED) is 0.271. The number of aliphatic hydroxyl groups excluding tert-OH is 2. The number of fused-ring (bicyclic) bond motifs is 3. The first-order chi connectivity index (χ1) is 19.9. The molecule has 0 spiro atoms. The van der Waals surface area contributed by atoms with E-state index in [2.05, 4.69) is 11.8 Å². The second-order valence-electron chi connectivity index (χ2n) is 11.1. The van der Waals surface area contributed by atoms with Crippen LogP contribution in [-0.4, -0.2) is 75.6 Å². The fourth-order valence-electron chi connectivity index (χ4n) is 6.61. The first-order valence-electron chi connectivity index (χ1n) is 13.5. The zero-order valence-electron chi connectivity index (χ0n) is 23.7. The predicted molar refractivity (Wildman–Crippen MR) is 153 cm³/mol. The molecule has 1 amide bonds. The Morgan fingerprint density at radius 1 is 1.14 bits per heavy atom. The molecule has 0 heterocycles. The van der Waals surface area contributed by atoms with Crippen LogP contribution >= 0.6 is 0 Å². The SMILES string of the molecule is CCc1cc(C#Cc2ccc(OC)cc2)c(O)c2c1C[C@H]1C[C@H]3[C@H](N(C)C)C(=O)C(C(N)=O)=C(O)[C@@]3(O)C(=O)C1=C2O. The number of aliphatic hydroxyl groups is 3. The topological polar surface area (TPSA) is 171 Å². The highest BCUT2D eigenvalue weighted by Crippen LogP contribution is 2.53. The van der Waals surface area contributed by atoms with Crippen molar-refractivity contribution in [2.45, 2.75) is 37.8 Å². The van der Waals surface area contributed by atoms with E-state index in [0.717, 1.165) is 5.56 Å². The van der Waals surface area contributed by atoms with E-state index in [1.165, 1.54) is 4.90 Å². The Labute approximate surface area is 242 Å². The smallest absolute Gasteiger partial charge is 0.255 e. The predicted octanol–water partition coefficient (Wildman–Crippen LogP) is 1.93. The van der Waals surface area contributed by atoms with Gasteiger partial charge in [0.1, 0.15) is 28.6 Å². The number of nitrogens with zero attached hydrogens (tertiary/aromatic N) is 1. The number of hydrogen-bond donors (Lipinski definition) is 5. The lowest BCUT2D eigenvalue weighted by Crippen LogP contribution is -2.65. The number of hydrogen-bond acceptors (Lipinski definition) is 9. The summed E-state index contributed by atoms with van der Waals surface area (Å²) in [7, 11) is 4.69. The molecule has 0 bridgehead atoms. The molecule has 0 radical (unpaired) electrons. The summed E-state index contributed by atoms with van der Waals surface area (Å²) in [6, 6.07) is 7.66. The normalized spacial score (nSPS) is 25.0.